The fraction of sp³-hybridized carbons (Fsp3) is 0.258. The average Bonchev–Trinajstić information content (AvgIpc) is 3.20. The first-order chi connectivity index (χ1) is 19.4. The normalized spacial score (nSPS) is 15.3. The topological polar surface area (TPSA) is 99.1 Å². The highest BCUT2D eigenvalue weighted by molar-refractivity contribution is 6.18. The second kappa shape index (κ2) is 10.5. The van der Waals surface area contributed by atoms with E-state index < -0.39 is 5.97 Å². The Morgan fingerprint density at radius 2 is 1.68 bits per heavy atom. The number of fused-ring (bicyclic) bond motifs is 4. The molecule has 1 aromatic heterocycles. The van der Waals surface area contributed by atoms with E-state index >= 15 is 0 Å². The summed E-state index contributed by atoms with van der Waals surface area (Å²) in [7, 11) is 0. The van der Waals surface area contributed by atoms with Gasteiger partial charge >= 0.3 is 5.97 Å². The van der Waals surface area contributed by atoms with Crippen molar-refractivity contribution in [2.45, 2.75) is 20.4 Å². The number of nitrogens with one attached hydrogen (secondary N) is 1. The summed E-state index contributed by atoms with van der Waals surface area (Å²) in [6.45, 7) is 7.21. The molecule has 4 aromatic rings. The van der Waals surface area contributed by atoms with Gasteiger partial charge in [0.05, 0.1) is 24.3 Å². The number of carbonyl (C=O) groups excluding carboxylic acids is 3. The van der Waals surface area contributed by atoms with E-state index in [9.17, 15) is 14.4 Å². The van der Waals surface area contributed by atoms with Gasteiger partial charge in [-0.15, -0.1) is 0 Å². The Balaban J connectivity index is 1.38. The molecule has 3 heterocycles. The number of ketones is 2. The van der Waals surface area contributed by atoms with Crippen LogP contribution in [0.5, 0.6) is 5.75 Å². The molecule has 1 N–H and O–H groups in total. The molecule has 6 rings (SSSR count). The number of aryl methyl sites for hydroxylation is 1. The monoisotopic (exact) mass is 539 g/mol. The van der Waals surface area contributed by atoms with Gasteiger partial charge in [0.1, 0.15) is 18.1 Å². The third kappa shape index (κ3) is 4.58. The Labute approximate surface area is 230 Å². The molecule has 0 amide bonds. The molecule has 204 valence electrons. The fourth-order valence-electron chi connectivity index (χ4n) is 5.38. The first kappa shape index (κ1) is 25.6. The van der Waals surface area contributed by atoms with Crippen molar-refractivity contribution >= 4 is 45.0 Å². The lowest BCUT2D eigenvalue weighted by Gasteiger charge is -2.28. The summed E-state index contributed by atoms with van der Waals surface area (Å²) in [5, 5.41) is 1.70. The number of allylic oxidation sites excluding steroid dienone is 1. The molecule has 0 saturated carbocycles. The molecule has 3 aromatic carbocycles. The third-order valence-electron chi connectivity index (χ3n) is 7.37. The molecule has 0 bridgehead atoms. The number of nitrogens with zero attached hydrogens (tertiary/aromatic N) is 2. The summed E-state index contributed by atoms with van der Waals surface area (Å²) >= 11 is 0. The van der Waals surface area contributed by atoms with Crippen LogP contribution in [0.4, 0.5) is 5.69 Å². The quantitative estimate of drug-likeness (QED) is 0.284. The molecule has 1 saturated heterocycles. The smallest absolute Gasteiger partial charge is 0.329 e. The van der Waals surface area contributed by atoms with Crippen molar-refractivity contribution in [2.75, 3.05) is 37.8 Å². The molecule has 40 heavy (non-hydrogen) atoms. The predicted octanol–water partition coefficient (Wildman–Crippen LogP) is 4.41. The lowest BCUT2D eigenvalue weighted by atomic mass is 9.99. The number of rotatable bonds is 6. The standard InChI is InChI=1S/C31H29N3O6/c1-3-34-27-9-6-21(30(36)20-4-7-22(8-5-20)33-11-14-38-15-12-33)16-23(27)24-17-25-29(18-28(24)34)39-13-10-26(31(25)37)32-40-19(2)35/h4-10,16-18,32H,3,11-15H2,1-2H3. The van der Waals surface area contributed by atoms with Crippen LogP contribution in [0.3, 0.4) is 0 Å². The number of hydroxylamine groups is 1. The summed E-state index contributed by atoms with van der Waals surface area (Å²) in [6.07, 6.45) is 1.54. The van der Waals surface area contributed by atoms with Gasteiger partial charge in [0.15, 0.2) is 5.78 Å². The molecule has 0 radical (unpaired) electrons. The number of aromatic nitrogens is 1. The number of hydrogen-bond acceptors (Lipinski definition) is 8. The number of benzene rings is 3. The zero-order valence-corrected chi connectivity index (χ0v) is 22.4. The van der Waals surface area contributed by atoms with Crippen molar-refractivity contribution in [2.24, 2.45) is 0 Å². The highest BCUT2D eigenvalue weighted by Crippen LogP contribution is 2.36. The van der Waals surface area contributed by atoms with E-state index in [1.807, 2.05) is 55.5 Å². The fourth-order valence-corrected chi connectivity index (χ4v) is 5.38. The maximum atomic E-state index is 13.5. The van der Waals surface area contributed by atoms with Gasteiger partial charge in [0.2, 0.25) is 5.78 Å². The SMILES string of the molecule is CCn1c2ccc(C(=O)c3ccc(N4CCOCC4)cc3)cc2c2cc3c(cc21)OCC=C(NOC(C)=O)C3=O. The van der Waals surface area contributed by atoms with E-state index in [-0.39, 0.29) is 23.9 Å². The van der Waals surface area contributed by atoms with Crippen molar-refractivity contribution in [3.8, 4) is 5.75 Å². The van der Waals surface area contributed by atoms with Gasteiger partial charge in [0.25, 0.3) is 0 Å². The van der Waals surface area contributed by atoms with E-state index in [0.717, 1.165) is 40.6 Å². The first-order valence-corrected chi connectivity index (χ1v) is 13.3. The van der Waals surface area contributed by atoms with Gasteiger partial charge in [-0.2, -0.15) is 0 Å². The molecule has 9 nitrogen and oxygen atoms in total. The summed E-state index contributed by atoms with van der Waals surface area (Å²) in [5.41, 5.74) is 7.03. The molecular weight excluding hydrogens is 510 g/mol. The number of carbonyl (C=O) groups is 3. The molecule has 2 aliphatic rings. The zero-order chi connectivity index (χ0) is 27.8. The summed E-state index contributed by atoms with van der Waals surface area (Å²) in [4.78, 5) is 45.2. The molecule has 0 atom stereocenters. The second-order valence-electron chi connectivity index (χ2n) is 9.77. The van der Waals surface area contributed by atoms with Crippen LogP contribution in [0.2, 0.25) is 0 Å². The van der Waals surface area contributed by atoms with Crippen LogP contribution < -0.4 is 15.1 Å². The van der Waals surface area contributed by atoms with Crippen LogP contribution in [0.1, 0.15) is 40.1 Å². The highest BCUT2D eigenvalue weighted by atomic mass is 16.7. The number of anilines is 1. The van der Waals surface area contributed by atoms with Gasteiger partial charge in [-0.3, -0.25) is 14.4 Å². The minimum atomic E-state index is -0.562. The van der Waals surface area contributed by atoms with Gasteiger partial charge < -0.3 is 23.8 Å². The second-order valence-corrected chi connectivity index (χ2v) is 9.77. The lowest BCUT2D eigenvalue weighted by molar-refractivity contribution is -0.146. The zero-order valence-electron chi connectivity index (χ0n) is 22.4. The van der Waals surface area contributed by atoms with Crippen molar-refractivity contribution in [3.05, 3.63) is 83.1 Å². The first-order valence-electron chi connectivity index (χ1n) is 13.3. The predicted molar refractivity (Wildman–Crippen MR) is 151 cm³/mol. The summed E-state index contributed by atoms with van der Waals surface area (Å²) in [5.74, 6) is -0.533. The van der Waals surface area contributed by atoms with Crippen LogP contribution >= 0.6 is 0 Å². The van der Waals surface area contributed by atoms with Crippen LogP contribution in [-0.2, 0) is 20.9 Å². The van der Waals surface area contributed by atoms with Crippen LogP contribution in [0.25, 0.3) is 21.8 Å². The van der Waals surface area contributed by atoms with E-state index in [1.165, 1.54) is 6.92 Å². The van der Waals surface area contributed by atoms with Crippen LogP contribution in [0, 0.1) is 0 Å². The van der Waals surface area contributed by atoms with Crippen LogP contribution in [-0.4, -0.2) is 55.0 Å². The minimum Gasteiger partial charge on any atom is -0.489 e. The van der Waals surface area contributed by atoms with E-state index in [4.69, 9.17) is 14.3 Å². The van der Waals surface area contributed by atoms with Gasteiger partial charge in [0, 0.05) is 65.7 Å². The highest BCUT2D eigenvalue weighted by Gasteiger charge is 2.24. The van der Waals surface area contributed by atoms with E-state index in [2.05, 4.69) is 14.9 Å². The largest absolute Gasteiger partial charge is 0.489 e. The van der Waals surface area contributed by atoms with E-state index in [1.54, 1.807) is 12.1 Å². The Morgan fingerprint density at radius 3 is 2.40 bits per heavy atom. The number of ether oxygens (including phenoxy) is 2. The van der Waals surface area contributed by atoms with Gasteiger partial charge in [-0.05, 0) is 61.5 Å². The van der Waals surface area contributed by atoms with E-state index in [0.29, 0.717) is 42.2 Å². The number of hydrogen-bond donors (Lipinski definition) is 1. The Hall–Kier alpha value is -4.63. The third-order valence-corrected chi connectivity index (χ3v) is 7.37. The molecule has 2 aliphatic heterocycles. The van der Waals surface area contributed by atoms with Crippen LogP contribution in [0.15, 0.2) is 66.4 Å². The van der Waals surface area contributed by atoms with Gasteiger partial charge in [-0.25, -0.2) is 5.48 Å². The molecule has 0 unspecified atom stereocenters. The maximum absolute atomic E-state index is 13.5. The number of morpholine rings is 1. The Morgan fingerprint density at radius 1 is 0.950 bits per heavy atom. The summed E-state index contributed by atoms with van der Waals surface area (Å²) in [6, 6.07) is 17.1. The van der Waals surface area contributed by atoms with Crippen molar-refractivity contribution in [3.63, 3.8) is 0 Å². The van der Waals surface area contributed by atoms with Gasteiger partial charge in [-0.1, -0.05) is 0 Å². The molecule has 9 heteroatoms. The van der Waals surface area contributed by atoms with Crippen molar-refractivity contribution < 1.29 is 28.7 Å². The summed E-state index contributed by atoms with van der Waals surface area (Å²) < 4.78 is 13.5. The number of Topliss-reactive ketones (excluding diaryl/α,β-unsaturated/α-hetero) is 1. The maximum Gasteiger partial charge on any atom is 0.329 e. The Bertz CT molecular complexity index is 1680. The molecular formula is C31H29N3O6. The minimum absolute atomic E-state index is 0.0715. The molecule has 0 spiro atoms. The lowest BCUT2D eigenvalue weighted by Crippen LogP contribution is -2.36. The molecule has 0 aliphatic carbocycles. The average molecular weight is 540 g/mol. The Kier molecular flexibility index (Phi) is 6.73. The van der Waals surface area contributed by atoms with Crippen molar-refractivity contribution in [1.82, 2.24) is 10.0 Å². The molecule has 1 fully saturated rings. The van der Waals surface area contributed by atoms with Crippen molar-refractivity contribution in [1.29, 1.82) is 0 Å².